The van der Waals surface area contributed by atoms with Crippen molar-refractivity contribution in [3.63, 3.8) is 0 Å². The van der Waals surface area contributed by atoms with E-state index in [1.54, 1.807) is 0 Å². The van der Waals surface area contributed by atoms with E-state index in [1.165, 1.54) is 111 Å². The number of aromatic amines is 1. The van der Waals surface area contributed by atoms with E-state index in [9.17, 15) is 14.4 Å². The first-order valence-electron chi connectivity index (χ1n) is 19.5. The molecule has 1 aliphatic heterocycles. The number of likely N-dealkylation sites (N-methyl/N-ethyl adjacent to an activating group) is 1. The molecule has 0 fully saturated rings. The lowest BCUT2D eigenvalue weighted by atomic mass is 9.79. The number of aliphatic carboxylic acids is 2. The summed E-state index contributed by atoms with van der Waals surface area (Å²) in [6.45, 7) is 6.47. The number of rotatable bonds is 23. The zero-order valence-electron chi connectivity index (χ0n) is 30.8. The molecule has 2 aliphatic rings. The fourth-order valence-electron chi connectivity index (χ4n) is 7.58. The Kier molecular flexibility index (Phi) is 18.6. The number of nitrogens with one attached hydrogen (secondary N) is 1. The van der Waals surface area contributed by atoms with Gasteiger partial charge in [-0.05, 0) is 62.9 Å². The highest BCUT2D eigenvalue weighted by Crippen LogP contribution is 2.41. The lowest BCUT2D eigenvalue weighted by molar-refractivity contribution is -0.138. The van der Waals surface area contributed by atoms with E-state index in [4.69, 9.17) is 10.2 Å². The number of nitrogens with zero attached hydrogens (tertiary/aromatic N) is 2. The van der Waals surface area contributed by atoms with Crippen LogP contribution in [0.5, 0.6) is 0 Å². The molecule has 8 heteroatoms. The van der Waals surface area contributed by atoms with Crippen molar-refractivity contribution in [1.82, 2.24) is 14.8 Å². The van der Waals surface area contributed by atoms with Crippen molar-refractivity contribution in [3.05, 3.63) is 41.6 Å². The summed E-state index contributed by atoms with van der Waals surface area (Å²) >= 11 is 0. The first kappa shape index (κ1) is 40.3. The number of hydrogen-bond acceptors (Lipinski definition) is 4. The highest BCUT2D eigenvalue weighted by molar-refractivity contribution is 5.99. The molecule has 4 rings (SSSR count). The van der Waals surface area contributed by atoms with Gasteiger partial charge >= 0.3 is 11.9 Å². The maximum Gasteiger partial charge on any atom is 0.303 e. The second-order valence-corrected chi connectivity index (χ2v) is 14.2. The molecule has 0 unspecified atom stereocenters. The molecule has 49 heavy (non-hydrogen) atoms. The number of fused-ring (bicyclic) bond motifs is 2. The topological polar surface area (TPSA) is 114 Å². The van der Waals surface area contributed by atoms with E-state index < -0.39 is 11.9 Å². The van der Waals surface area contributed by atoms with Gasteiger partial charge in [-0.15, -0.1) is 0 Å². The Morgan fingerprint density at radius 3 is 1.67 bits per heavy atom. The molecular weight excluding hydrogens is 614 g/mol. The van der Waals surface area contributed by atoms with Crippen LogP contribution in [0.25, 0.3) is 16.5 Å². The average molecular weight is 680 g/mol. The van der Waals surface area contributed by atoms with Gasteiger partial charge in [0.25, 0.3) is 0 Å². The molecule has 1 aromatic carbocycles. The van der Waals surface area contributed by atoms with Gasteiger partial charge in [-0.1, -0.05) is 115 Å². The first-order chi connectivity index (χ1) is 23.8. The van der Waals surface area contributed by atoms with Gasteiger partial charge in [0.1, 0.15) is 0 Å². The van der Waals surface area contributed by atoms with Crippen molar-refractivity contribution in [1.29, 1.82) is 0 Å². The van der Waals surface area contributed by atoms with Crippen LogP contribution in [0.4, 0.5) is 0 Å². The van der Waals surface area contributed by atoms with Crippen molar-refractivity contribution in [2.45, 2.75) is 148 Å². The summed E-state index contributed by atoms with van der Waals surface area (Å²) in [5.41, 5.74) is 5.21. The molecule has 1 amide bonds. The third-order valence-electron chi connectivity index (χ3n) is 10.4. The van der Waals surface area contributed by atoms with Crippen LogP contribution in [0.2, 0.25) is 0 Å². The van der Waals surface area contributed by atoms with E-state index in [2.05, 4.69) is 61.3 Å². The van der Waals surface area contributed by atoms with Crippen LogP contribution in [0.1, 0.15) is 147 Å². The van der Waals surface area contributed by atoms with Crippen LogP contribution in [0.15, 0.2) is 30.5 Å². The summed E-state index contributed by atoms with van der Waals surface area (Å²) in [6, 6.07) is 6.82. The van der Waals surface area contributed by atoms with Gasteiger partial charge in [0.15, 0.2) is 0 Å². The Balaban J connectivity index is 0.000000265. The van der Waals surface area contributed by atoms with Crippen molar-refractivity contribution in [2.24, 2.45) is 5.92 Å². The monoisotopic (exact) mass is 679 g/mol. The Hall–Kier alpha value is -3.13. The molecule has 2 atom stereocenters. The van der Waals surface area contributed by atoms with Crippen molar-refractivity contribution >= 4 is 34.3 Å². The molecule has 0 saturated heterocycles. The number of carbonyl (C=O) groups excluding carboxylic acids is 1. The average Bonchev–Trinajstić information content (AvgIpc) is 3.50. The molecule has 0 bridgehead atoms. The number of aromatic nitrogens is 1. The molecule has 8 nitrogen and oxygen atoms in total. The molecule has 274 valence electrons. The Morgan fingerprint density at radius 1 is 0.755 bits per heavy atom. The Morgan fingerprint density at radius 2 is 1.22 bits per heavy atom. The molecule has 0 saturated carbocycles. The van der Waals surface area contributed by atoms with Crippen LogP contribution >= 0.6 is 0 Å². The van der Waals surface area contributed by atoms with Gasteiger partial charge in [-0.3, -0.25) is 19.3 Å². The number of amides is 1. The Bertz CT molecular complexity index is 1280. The third-order valence-corrected chi connectivity index (χ3v) is 10.4. The number of carboxylic acid groups (broad SMARTS) is 2. The lowest BCUT2D eigenvalue weighted by Crippen LogP contribution is -2.47. The van der Waals surface area contributed by atoms with E-state index >= 15 is 0 Å². The molecule has 3 N–H and O–H groups in total. The second-order valence-electron chi connectivity index (χ2n) is 14.2. The van der Waals surface area contributed by atoms with Crippen LogP contribution < -0.4 is 0 Å². The van der Waals surface area contributed by atoms with Gasteiger partial charge in [-0.2, -0.15) is 0 Å². The highest BCUT2D eigenvalue weighted by Gasteiger charge is 2.36. The normalized spacial score (nSPS) is 16.8. The van der Waals surface area contributed by atoms with E-state index in [0.29, 0.717) is 18.9 Å². The smallest absolute Gasteiger partial charge is 0.303 e. The number of carbonyl (C=O) groups is 3. The second kappa shape index (κ2) is 22.6. The summed E-state index contributed by atoms with van der Waals surface area (Å²) in [6.07, 6.45) is 26.7. The molecule has 2 aromatic rings. The SMILES string of the molecule is CCN(CC)C(=O)[C@@H]1C=C2c3cccc4[nH]cc(c34)C[C@H]2N(C)C1.O=C(O)CCCCCCCCCCCCCCCCCCCC(=O)O. The number of H-pyrrole nitrogens is 1. The zero-order valence-corrected chi connectivity index (χ0v) is 30.8. The van der Waals surface area contributed by atoms with E-state index in [-0.39, 0.29) is 11.8 Å². The molecule has 0 spiro atoms. The van der Waals surface area contributed by atoms with E-state index in [0.717, 1.165) is 51.7 Å². The summed E-state index contributed by atoms with van der Waals surface area (Å²) < 4.78 is 0. The fraction of sp³-hybridized carbons (Fsp3) is 0.683. The predicted octanol–water partition coefficient (Wildman–Crippen LogP) is 9.47. The van der Waals surface area contributed by atoms with E-state index in [1.807, 2.05) is 4.90 Å². The van der Waals surface area contributed by atoms with Gasteiger partial charge in [0.2, 0.25) is 5.91 Å². The molecule has 1 aliphatic carbocycles. The maximum absolute atomic E-state index is 12.9. The van der Waals surface area contributed by atoms with Gasteiger partial charge in [-0.25, -0.2) is 0 Å². The minimum Gasteiger partial charge on any atom is -0.481 e. The van der Waals surface area contributed by atoms with Crippen molar-refractivity contribution in [3.8, 4) is 0 Å². The summed E-state index contributed by atoms with van der Waals surface area (Å²) in [5, 5.41) is 18.4. The Labute approximate surface area is 295 Å². The predicted molar refractivity (Wildman–Crippen MR) is 201 cm³/mol. The minimum absolute atomic E-state index is 0.0445. The standard InChI is InChI=1S/C21H40O4.C20H25N3O/c22-20(23)18-16-14-12-10-8-6-4-2-1-3-5-7-9-11-13-15-17-19-21(24)25;1-4-23(5-2)20(24)14-9-16-15-7-6-8-17-19(15)13(11-21-17)10-18(16)22(3)12-14/h1-19H2,(H,22,23)(H,24,25);6-9,11,14,18,21H,4-5,10,12H2,1-3H3/t;14-,18-/m.1/s1. The molecular formula is C41H65N3O5. The zero-order chi connectivity index (χ0) is 35.4. The number of unbranched alkanes of at least 4 members (excludes halogenated alkanes) is 16. The van der Waals surface area contributed by atoms with Crippen LogP contribution in [-0.2, 0) is 20.8 Å². The number of carboxylic acids is 2. The molecule has 2 heterocycles. The summed E-state index contributed by atoms with van der Waals surface area (Å²) in [4.78, 5) is 41.3. The van der Waals surface area contributed by atoms with Crippen molar-refractivity contribution < 1.29 is 24.6 Å². The largest absolute Gasteiger partial charge is 0.481 e. The third kappa shape index (κ3) is 13.6. The number of hydrogen-bond donors (Lipinski definition) is 3. The fourth-order valence-corrected chi connectivity index (χ4v) is 7.58. The maximum atomic E-state index is 12.9. The van der Waals surface area contributed by atoms with Gasteiger partial charge in [0.05, 0.1) is 5.92 Å². The molecule has 0 radical (unpaired) electrons. The lowest BCUT2D eigenvalue weighted by Gasteiger charge is -2.40. The minimum atomic E-state index is -0.671. The summed E-state index contributed by atoms with van der Waals surface area (Å²) in [5.74, 6) is -1.13. The van der Waals surface area contributed by atoms with Crippen LogP contribution in [-0.4, -0.2) is 75.6 Å². The quantitative estimate of drug-likeness (QED) is 0.101. The number of benzene rings is 1. The molecule has 1 aromatic heterocycles. The first-order valence-corrected chi connectivity index (χ1v) is 19.5. The summed E-state index contributed by atoms with van der Waals surface area (Å²) in [7, 11) is 2.15. The van der Waals surface area contributed by atoms with Crippen LogP contribution in [0, 0.1) is 5.92 Å². The van der Waals surface area contributed by atoms with Crippen molar-refractivity contribution in [2.75, 3.05) is 26.7 Å². The van der Waals surface area contributed by atoms with Gasteiger partial charge < -0.3 is 20.1 Å². The highest BCUT2D eigenvalue weighted by atomic mass is 16.4. The van der Waals surface area contributed by atoms with Crippen LogP contribution in [0.3, 0.4) is 0 Å². The van der Waals surface area contributed by atoms with Gasteiger partial charge in [0, 0.05) is 55.6 Å².